The Morgan fingerprint density at radius 1 is 1.19 bits per heavy atom. The molecule has 0 radical (unpaired) electrons. The summed E-state index contributed by atoms with van der Waals surface area (Å²) >= 11 is 5.35. The summed E-state index contributed by atoms with van der Waals surface area (Å²) in [5, 5.41) is 0. The van der Waals surface area contributed by atoms with Crippen LogP contribution in [0.3, 0.4) is 0 Å². The van der Waals surface area contributed by atoms with Crippen LogP contribution < -0.4 is 4.72 Å². The van der Waals surface area contributed by atoms with E-state index in [9.17, 15) is 8.42 Å². The molecule has 0 saturated carbocycles. The zero-order valence-corrected chi connectivity index (χ0v) is 11.1. The Labute approximate surface area is 102 Å². The van der Waals surface area contributed by atoms with Crippen molar-refractivity contribution in [1.29, 1.82) is 0 Å². The van der Waals surface area contributed by atoms with Gasteiger partial charge in [0.2, 0.25) is 10.0 Å². The van der Waals surface area contributed by atoms with Gasteiger partial charge in [0.15, 0.2) is 0 Å². The number of nitrogens with one attached hydrogen (secondary N) is 1. The third kappa shape index (κ3) is 10.6. The molecule has 0 saturated heterocycles. The van der Waals surface area contributed by atoms with Crippen LogP contribution in [0.25, 0.3) is 0 Å². The molecule has 0 bridgehead atoms. The topological polar surface area (TPSA) is 64.6 Å². The van der Waals surface area contributed by atoms with Crippen molar-refractivity contribution in [2.24, 2.45) is 0 Å². The number of hydrogen-bond donors (Lipinski definition) is 1. The summed E-state index contributed by atoms with van der Waals surface area (Å²) in [5.74, 6) is 0.0916. The monoisotopic (exact) mass is 273 g/mol. The van der Waals surface area contributed by atoms with Gasteiger partial charge in [0.25, 0.3) is 0 Å². The van der Waals surface area contributed by atoms with Crippen molar-refractivity contribution in [1.82, 2.24) is 4.72 Å². The SMILES string of the molecule is COCCOCCCCNS(=O)(=O)CCCl. The molecule has 7 heteroatoms. The molecule has 0 rings (SSSR count). The van der Waals surface area contributed by atoms with Crippen LogP contribution in [0.5, 0.6) is 0 Å². The van der Waals surface area contributed by atoms with E-state index in [2.05, 4.69) is 4.72 Å². The minimum Gasteiger partial charge on any atom is -0.382 e. The number of rotatable bonds is 11. The minimum absolute atomic E-state index is 0.0289. The van der Waals surface area contributed by atoms with Gasteiger partial charge in [-0.15, -0.1) is 11.6 Å². The third-order valence-corrected chi connectivity index (χ3v) is 3.61. The molecule has 0 aliphatic rings. The van der Waals surface area contributed by atoms with Crippen LogP contribution in [0.4, 0.5) is 0 Å². The molecular formula is C9H20ClNO4S. The number of hydrogen-bond acceptors (Lipinski definition) is 4. The van der Waals surface area contributed by atoms with Crippen LogP contribution in [-0.2, 0) is 19.5 Å². The van der Waals surface area contributed by atoms with Crippen molar-refractivity contribution in [2.45, 2.75) is 12.8 Å². The zero-order chi connectivity index (χ0) is 12.3. The van der Waals surface area contributed by atoms with Crippen molar-refractivity contribution >= 4 is 21.6 Å². The van der Waals surface area contributed by atoms with Gasteiger partial charge in [0.1, 0.15) is 0 Å². The predicted octanol–water partition coefficient (Wildman–Crippen LogP) is 0.588. The highest BCUT2D eigenvalue weighted by atomic mass is 35.5. The second-order valence-corrected chi connectivity index (χ2v) is 5.52. The van der Waals surface area contributed by atoms with E-state index in [0.717, 1.165) is 12.8 Å². The summed E-state index contributed by atoms with van der Waals surface area (Å²) in [6.45, 7) is 2.23. The van der Waals surface area contributed by atoms with Gasteiger partial charge in [-0.1, -0.05) is 0 Å². The fraction of sp³-hybridized carbons (Fsp3) is 1.00. The predicted molar refractivity (Wildman–Crippen MR) is 64.4 cm³/mol. The number of ether oxygens (including phenoxy) is 2. The average molecular weight is 274 g/mol. The fourth-order valence-corrected chi connectivity index (χ4v) is 2.39. The first-order valence-electron chi connectivity index (χ1n) is 5.22. The Hall–Kier alpha value is 0.120. The van der Waals surface area contributed by atoms with Crippen molar-refractivity contribution < 1.29 is 17.9 Å². The molecule has 0 aliphatic carbocycles. The van der Waals surface area contributed by atoms with E-state index in [1.165, 1.54) is 0 Å². The van der Waals surface area contributed by atoms with Crippen LogP contribution in [0, 0.1) is 0 Å². The lowest BCUT2D eigenvalue weighted by atomic mass is 10.3. The van der Waals surface area contributed by atoms with E-state index in [1.54, 1.807) is 7.11 Å². The molecule has 16 heavy (non-hydrogen) atoms. The largest absolute Gasteiger partial charge is 0.382 e. The molecule has 5 nitrogen and oxygen atoms in total. The highest BCUT2D eigenvalue weighted by Crippen LogP contribution is 1.92. The van der Waals surface area contributed by atoms with Gasteiger partial charge in [-0.05, 0) is 12.8 Å². The molecule has 0 amide bonds. The van der Waals surface area contributed by atoms with Gasteiger partial charge in [0, 0.05) is 26.1 Å². The molecule has 98 valence electrons. The number of alkyl halides is 1. The molecule has 1 N–H and O–H groups in total. The zero-order valence-electron chi connectivity index (χ0n) is 9.58. The fourth-order valence-electron chi connectivity index (χ4n) is 0.975. The first-order valence-corrected chi connectivity index (χ1v) is 7.41. The average Bonchev–Trinajstić information content (AvgIpc) is 2.22. The Morgan fingerprint density at radius 3 is 2.56 bits per heavy atom. The molecule has 0 heterocycles. The van der Waals surface area contributed by atoms with E-state index in [1.807, 2.05) is 0 Å². The lowest BCUT2D eigenvalue weighted by Gasteiger charge is -2.05. The smallest absolute Gasteiger partial charge is 0.212 e. The highest BCUT2D eigenvalue weighted by molar-refractivity contribution is 7.89. The van der Waals surface area contributed by atoms with Crippen LogP contribution in [0.1, 0.15) is 12.8 Å². The standard InChI is InChI=1S/C9H20ClNO4S/c1-14-7-8-15-6-3-2-5-11-16(12,13)9-4-10/h11H,2-9H2,1H3. The quantitative estimate of drug-likeness (QED) is 0.442. The third-order valence-electron chi connectivity index (χ3n) is 1.82. The molecule has 0 aromatic carbocycles. The van der Waals surface area contributed by atoms with Crippen LogP contribution >= 0.6 is 11.6 Å². The first-order chi connectivity index (χ1) is 7.62. The van der Waals surface area contributed by atoms with Gasteiger partial charge in [-0.25, -0.2) is 13.1 Å². The first kappa shape index (κ1) is 16.1. The summed E-state index contributed by atoms with van der Waals surface area (Å²) < 4.78 is 34.8. The Morgan fingerprint density at radius 2 is 1.94 bits per heavy atom. The Balaban J connectivity index is 3.27. The minimum atomic E-state index is -3.18. The molecule has 0 aromatic rings. The summed E-state index contributed by atoms with van der Waals surface area (Å²) in [5.41, 5.74) is 0. The summed E-state index contributed by atoms with van der Waals surface area (Å²) in [7, 11) is -1.56. The summed E-state index contributed by atoms with van der Waals surface area (Å²) in [6, 6.07) is 0. The Kier molecular flexibility index (Phi) is 10.4. The van der Waals surface area contributed by atoms with Gasteiger partial charge >= 0.3 is 0 Å². The highest BCUT2D eigenvalue weighted by Gasteiger charge is 2.07. The molecule has 0 fully saturated rings. The molecule has 0 aromatic heterocycles. The normalized spacial score (nSPS) is 11.9. The van der Waals surface area contributed by atoms with Gasteiger partial charge < -0.3 is 9.47 Å². The molecule has 0 unspecified atom stereocenters. The molecule has 0 spiro atoms. The second kappa shape index (κ2) is 10.3. The number of halogens is 1. The molecule has 0 aliphatic heterocycles. The lowest BCUT2D eigenvalue weighted by Crippen LogP contribution is -2.28. The van der Waals surface area contributed by atoms with Gasteiger partial charge in [0.05, 0.1) is 19.0 Å². The Bertz CT molecular complexity index is 246. The number of methoxy groups -OCH3 is 1. The van der Waals surface area contributed by atoms with Crippen LogP contribution in [-0.4, -0.2) is 53.5 Å². The number of unbranched alkanes of at least 4 members (excludes halogenated alkanes) is 1. The van der Waals surface area contributed by atoms with Crippen molar-refractivity contribution in [2.75, 3.05) is 45.1 Å². The molecule has 0 atom stereocenters. The van der Waals surface area contributed by atoms with E-state index in [4.69, 9.17) is 21.1 Å². The maximum Gasteiger partial charge on any atom is 0.212 e. The van der Waals surface area contributed by atoms with E-state index >= 15 is 0 Å². The van der Waals surface area contributed by atoms with Crippen molar-refractivity contribution in [3.05, 3.63) is 0 Å². The van der Waals surface area contributed by atoms with Crippen molar-refractivity contribution in [3.8, 4) is 0 Å². The lowest BCUT2D eigenvalue weighted by molar-refractivity contribution is 0.0689. The van der Waals surface area contributed by atoms with E-state index in [0.29, 0.717) is 26.4 Å². The van der Waals surface area contributed by atoms with Crippen molar-refractivity contribution in [3.63, 3.8) is 0 Å². The molecular weight excluding hydrogens is 254 g/mol. The number of sulfonamides is 1. The second-order valence-electron chi connectivity index (χ2n) is 3.21. The summed E-state index contributed by atoms with van der Waals surface area (Å²) in [4.78, 5) is 0. The van der Waals surface area contributed by atoms with Gasteiger partial charge in [-0.2, -0.15) is 0 Å². The van der Waals surface area contributed by atoms with Gasteiger partial charge in [-0.3, -0.25) is 0 Å². The maximum absolute atomic E-state index is 11.2. The van der Waals surface area contributed by atoms with E-state index in [-0.39, 0.29) is 11.6 Å². The van der Waals surface area contributed by atoms with Crippen LogP contribution in [0.2, 0.25) is 0 Å². The van der Waals surface area contributed by atoms with E-state index < -0.39 is 10.0 Å². The van der Waals surface area contributed by atoms with Crippen LogP contribution in [0.15, 0.2) is 0 Å². The maximum atomic E-state index is 11.2. The summed E-state index contributed by atoms with van der Waals surface area (Å²) in [6.07, 6.45) is 1.58.